The summed E-state index contributed by atoms with van der Waals surface area (Å²) in [7, 11) is 0. The fourth-order valence-corrected chi connectivity index (χ4v) is 3.06. The SMILES string of the molecule is c1ccc2nc(-c3nc4c(ccc5ccccc54)[nH]3)ccc2c1. The number of hydrogen-bond acceptors (Lipinski definition) is 2. The van der Waals surface area contributed by atoms with Crippen LogP contribution in [0.5, 0.6) is 0 Å². The zero-order chi connectivity index (χ0) is 15.2. The molecule has 5 rings (SSSR count). The maximum atomic E-state index is 4.80. The number of pyridine rings is 1. The van der Waals surface area contributed by atoms with Gasteiger partial charge >= 0.3 is 0 Å². The molecule has 0 radical (unpaired) electrons. The quantitative estimate of drug-likeness (QED) is 0.476. The van der Waals surface area contributed by atoms with Crippen LogP contribution in [0, 0.1) is 0 Å². The van der Waals surface area contributed by atoms with Crippen LogP contribution < -0.4 is 0 Å². The summed E-state index contributed by atoms with van der Waals surface area (Å²) in [6.45, 7) is 0. The third-order valence-corrected chi connectivity index (χ3v) is 4.22. The molecule has 0 aliphatic carbocycles. The first-order chi connectivity index (χ1) is 11.4. The number of hydrogen-bond donors (Lipinski definition) is 1. The highest BCUT2D eigenvalue weighted by atomic mass is 14.9. The van der Waals surface area contributed by atoms with Crippen molar-refractivity contribution in [2.45, 2.75) is 0 Å². The molecule has 3 nitrogen and oxygen atoms in total. The van der Waals surface area contributed by atoms with Gasteiger partial charge in [-0.1, -0.05) is 54.6 Å². The Hall–Kier alpha value is -3.20. The summed E-state index contributed by atoms with van der Waals surface area (Å²) in [4.78, 5) is 12.9. The molecule has 5 aromatic rings. The van der Waals surface area contributed by atoms with Gasteiger partial charge in [0.2, 0.25) is 0 Å². The maximum Gasteiger partial charge on any atom is 0.157 e. The van der Waals surface area contributed by atoms with Crippen molar-refractivity contribution in [3.8, 4) is 11.5 Å². The molecular weight excluding hydrogens is 282 g/mol. The van der Waals surface area contributed by atoms with Crippen molar-refractivity contribution in [3.05, 3.63) is 72.8 Å². The molecule has 2 heterocycles. The summed E-state index contributed by atoms with van der Waals surface area (Å²) in [5.41, 5.74) is 3.88. The molecule has 0 bridgehead atoms. The lowest BCUT2D eigenvalue weighted by molar-refractivity contribution is 1.27. The zero-order valence-corrected chi connectivity index (χ0v) is 12.3. The number of para-hydroxylation sites is 1. The molecule has 0 amide bonds. The predicted molar refractivity (Wildman–Crippen MR) is 94.3 cm³/mol. The van der Waals surface area contributed by atoms with E-state index in [1.165, 1.54) is 5.39 Å². The molecular formula is C20H13N3. The number of fused-ring (bicyclic) bond motifs is 4. The van der Waals surface area contributed by atoms with Crippen molar-refractivity contribution < 1.29 is 0 Å². The van der Waals surface area contributed by atoms with E-state index in [1.807, 2.05) is 36.4 Å². The van der Waals surface area contributed by atoms with Gasteiger partial charge in [0.1, 0.15) is 5.69 Å². The molecule has 0 saturated carbocycles. The zero-order valence-electron chi connectivity index (χ0n) is 12.3. The van der Waals surface area contributed by atoms with Crippen LogP contribution in [0.15, 0.2) is 72.8 Å². The third-order valence-electron chi connectivity index (χ3n) is 4.22. The van der Waals surface area contributed by atoms with E-state index in [0.29, 0.717) is 0 Å². The van der Waals surface area contributed by atoms with Crippen molar-refractivity contribution >= 4 is 32.7 Å². The Kier molecular flexibility index (Phi) is 2.50. The van der Waals surface area contributed by atoms with Crippen molar-refractivity contribution in [3.63, 3.8) is 0 Å². The second-order valence-electron chi connectivity index (χ2n) is 5.66. The van der Waals surface area contributed by atoms with E-state index in [4.69, 9.17) is 9.97 Å². The van der Waals surface area contributed by atoms with Crippen LogP contribution in [-0.2, 0) is 0 Å². The topological polar surface area (TPSA) is 41.6 Å². The molecule has 0 spiro atoms. The monoisotopic (exact) mass is 295 g/mol. The lowest BCUT2D eigenvalue weighted by atomic mass is 10.1. The maximum absolute atomic E-state index is 4.80. The van der Waals surface area contributed by atoms with E-state index in [9.17, 15) is 0 Å². The van der Waals surface area contributed by atoms with Crippen LogP contribution in [0.2, 0.25) is 0 Å². The molecule has 23 heavy (non-hydrogen) atoms. The first-order valence-electron chi connectivity index (χ1n) is 7.62. The lowest BCUT2D eigenvalue weighted by Gasteiger charge is -1.99. The predicted octanol–water partition coefficient (Wildman–Crippen LogP) is 4.93. The van der Waals surface area contributed by atoms with Crippen LogP contribution in [0.3, 0.4) is 0 Å². The van der Waals surface area contributed by atoms with Crippen molar-refractivity contribution in [1.29, 1.82) is 0 Å². The van der Waals surface area contributed by atoms with Crippen LogP contribution in [0.25, 0.3) is 44.2 Å². The van der Waals surface area contributed by atoms with E-state index >= 15 is 0 Å². The van der Waals surface area contributed by atoms with Gasteiger partial charge in [0.25, 0.3) is 0 Å². The summed E-state index contributed by atoms with van der Waals surface area (Å²) in [5.74, 6) is 0.808. The Labute approximate surface area is 132 Å². The molecule has 0 aliphatic rings. The Morgan fingerprint density at radius 3 is 2.39 bits per heavy atom. The highest BCUT2D eigenvalue weighted by molar-refractivity contribution is 6.04. The van der Waals surface area contributed by atoms with E-state index in [-0.39, 0.29) is 0 Å². The second-order valence-corrected chi connectivity index (χ2v) is 5.66. The molecule has 0 saturated heterocycles. The smallest absolute Gasteiger partial charge is 0.157 e. The standard InChI is InChI=1S/C20H13N3/c1-3-7-15-13(5-1)9-11-17-19(15)23-20(22-17)18-12-10-14-6-2-4-8-16(14)21-18/h1-12H,(H,22,23). The highest BCUT2D eigenvalue weighted by Gasteiger charge is 2.09. The number of H-pyrrole nitrogens is 1. The number of imidazole rings is 1. The number of rotatable bonds is 1. The number of nitrogens with one attached hydrogen (secondary N) is 1. The minimum atomic E-state index is 0.808. The lowest BCUT2D eigenvalue weighted by Crippen LogP contribution is -1.86. The molecule has 1 N–H and O–H groups in total. The van der Waals surface area contributed by atoms with Gasteiger partial charge in [-0.3, -0.25) is 0 Å². The largest absolute Gasteiger partial charge is 0.337 e. The van der Waals surface area contributed by atoms with Gasteiger partial charge < -0.3 is 4.98 Å². The molecule has 0 fully saturated rings. The minimum absolute atomic E-state index is 0.808. The summed E-state index contributed by atoms with van der Waals surface area (Å²) in [5, 5.41) is 3.50. The van der Waals surface area contributed by atoms with Crippen molar-refractivity contribution in [2.24, 2.45) is 0 Å². The fraction of sp³-hybridized carbons (Fsp3) is 0. The summed E-state index contributed by atoms with van der Waals surface area (Å²) in [6.07, 6.45) is 0. The van der Waals surface area contributed by atoms with E-state index in [0.717, 1.165) is 38.8 Å². The fourth-order valence-electron chi connectivity index (χ4n) is 3.06. The second kappa shape index (κ2) is 4.65. The van der Waals surface area contributed by atoms with Gasteiger partial charge in [0.05, 0.1) is 16.6 Å². The Morgan fingerprint density at radius 2 is 1.43 bits per heavy atom. The third kappa shape index (κ3) is 1.90. The molecule has 108 valence electrons. The normalized spacial score (nSPS) is 11.5. The number of nitrogens with zero attached hydrogens (tertiary/aromatic N) is 2. The van der Waals surface area contributed by atoms with Gasteiger partial charge in [-0.25, -0.2) is 9.97 Å². The summed E-state index contributed by atoms with van der Waals surface area (Å²) >= 11 is 0. The van der Waals surface area contributed by atoms with Gasteiger partial charge in [-0.05, 0) is 23.6 Å². The van der Waals surface area contributed by atoms with E-state index in [1.54, 1.807) is 0 Å². The van der Waals surface area contributed by atoms with Crippen molar-refractivity contribution in [2.75, 3.05) is 0 Å². The van der Waals surface area contributed by atoms with Crippen LogP contribution in [-0.4, -0.2) is 15.0 Å². The van der Waals surface area contributed by atoms with Gasteiger partial charge in [-0.15, -0.1) is 0 Å². The Bertz CT molecular complexity index is 1170. The number of aromatic nitrogens is 3. The van der Waals surface area contributed by atoms with Crippen LogP contribution >= 0.6 is 0 Å². The van der Waals surface area contributed by atoms with Crippen LogP contribution in [0.1, 0.15) is 0 Å². The minimum Gasteiger partial charge on any atom is -0.337 e. The van der Waals surface area contributed by atoms with Gasteiger partial charge in [-0.2, -0.15) is 0 Å². The number of benzene rings is 3. The highest BCUT2D eigenvalue weighted by Crippen LogP contribution is 2.27. The summed E-state index contributed by atoms with van der Waals surface area (Å²) in [6, 6.07) is 24.7. The first-order valence-corrected chi connectivity index (χ1v) is 7.62. The molecule has 3 aromatic carbocycles. The van der Waals surface area contributed by atoms with Gasteiger partial charge in [0, 0.05) is 10.8 Å². The molecule has 0 unspecified atom stereocenters. The van der Waals surface area contributed by atoms with E-state index in [2.05, 4.69) is 41.4 Å². The number of aromatic amines is 1. The Balaban J connectivity index is 1.76. The summed E-state index contributed by atoms with van der Waals surface area (Å²) < 4.78 is 0. The Morgan fingerprint density at radius 1 is 0.652 bits per heavy atom. The molecule has 0 atom stereocenters. The van der Waals surface area contributed by atoms with E-state index < -0.39 is 0 Å². The van der Waals surface area contributed by atoms with Gasteiger partial charge in [0.15, 0.2) is 5.82 Å². The van der Waals surface area contributed by atoms with Crippen LogP contribution in [0.4, 0.5) is 0 Å². The molecule has 3 heteroatoms. The first kappa shape index (κ1) is 12.4. The average Bonchev–Trinajstić information content (AvgIpc) is 3.06. The molecule has 0 aliphatic heterocycles. The average molecular weight is 295 g/mol. The van der Waals surface area contributed by atoms with Crippen molar-refractivity contribution in [1.82, 2.24) is 15.0 Å². The molecule has 2 aromatic heterocycles.